The van der Waals surface area contributed by atoms with Crippen LogP contribution < -0.4 is 0 Å². The van der Waals surface area contributed by atoms with Gasteiger partial charge in [-0.25, -0.2) is 4.79 Å². The molecule has 16 heavy (non-hydrogen) atoms. The molecule has 2 aliphatic heterocycles. The molecule has 1 saturated heterocycles. The molecule has 1 unspecified atom stereocenters. The molecule has 0 aliphatic carbocycles. The second kappa shape index (κ2) is 5.30. The number of nitrogens with zero attached hydrogens (tertiary/aromatic N) is 2. The van der Waals surface area contributed by atoms with E-state index in [0.717, 1.165) is 51.0 Å². The Bertz CT molecular complexity index is 291. The predicted molar refractivity (Wildman–Crippen MR) is 59.1 cm³/mol. The van der Waals surface area contributed by atoms with Gasteiger partial charge in [-0.3, -0.25) is 4.99 Å². The van der Waals surface area contributed by atoms with Crippen LogP contribution in [0, 0.1) is 0 Å². The molecule has 0 spiro atoms. The van der Waals surface area contributed by atoms with Crippen molar-refractivity contribution in [1.82, 2.24) is 4.90 Å². The topological polar surface area (TPSA) is 62.1 Å². The third kappa shape index (κ3) is 2.52. The molecule has 2 aliphatic rings. The fourth-order valence-corrected chi connectivity index (χ4v) is 2.27. The summed E-state index contributed by atoms with van der Waals surface area (Å²) >= 11 is 0. The smallest absolute Gasteiger partial charge is 0.333 e. The van der Waals surface area contributed by atoms with Crippen LogP contribution in [0.3, 0.4) is 0 Å². The monoisotopic (exact) mass is 226 g/mol. The van der Waals surface area contributed by atoms with Gasteiger partial charge in [-0.15, -0.1) is 0 Å². The zero-order valence-electron chi connectivity index (χ0n) is 9.39. The first-order chi connectivity index (χ1) is 7.81. The Morgan fingerprint density at radius 3 is 3.19 bits per heavy atom. The van der Waals surface area contributed by atoms with Crippen LogP contribution in [-0.2, 0) is 9.53 Å². The van der Waals surface area contributed by atoms with Crippen molar-refractivity contribution in [3.05, 3.63) is 0 Å². The lowest BCUT2D eigenvalue weighted by molar-refractivity contribution is -0.159. The number of hydrogen-bond acceptors (Lipinski definition) is 5. The van der Waals surface area contributed by atoms with Crippen molar-refractivity contribution in [3.8, 4) is 0 Å². The molecule has 0 aromatic heterocycles. The van der Waals surface area contributed by atoms with Gasteiger partial charge in [0.1, 0.15) is 12.4 Å². The molecule has 1 fully saturated rings. The van der Waals surface area contributed by atoms with Gasteiger partial charge in [0, 0.05) is 25.9 Å². The van der Waals surface area contributed by atoms with E-state index >= 15 is 0 Å². The quantitative estimate of drug-likeness (QED) is 0.697. The number of fused-ring (bicyclic) bond motifs is 1. The van der Waals surface area contributed by atoms with Crippen LogP contribution in [0.2, 0.25) is 0 Å². The molecular weight excluding hydrogens is 208 g/mol. The lowest BCUT2D eigenvalue weighted by Gasteiger charge is -2.34. The summed E-state index contributed by atoms with van der Waals surface area (Å²) in [6, 6.07) is 0. The largest absolute Gasteiger partial charge is 0.440 e. The van der Waals surface area contributed by atoms with Crippen molar-refractivity contribution >= 4 is 11.8 Å². The average molecular weight is 226 g/mol. The number of ether oxygens (including phenoxy) is 1. The second-order valence-corrected chi connectivity index (χ2v) is 4.19. The van der Waals surface area contributed by atoms with Gasteiger partial charge in [-0.1, -0.05) is 0 Å². The fourth-order valence-electron chi connectivity index (χ4n) is 2.27. The van der Waals surface area contributed by atoms with Crippen molar-refractivity contribution in [2.75, 3.05) is 19.7 Å². The Morgan fingerprint density at radius 2 is 2.38 bits per heavy atom. The highest BCUT2D eigenvalue weighted by molar-refractivity contribution is 5.83. The highest BCUT2D eigenvalue weighted by atomic mass is 16.6. The molecule has 1 N–H and O–H groups in total. The zero-order valence-corrected chi connectivity index (χ0v) is 9.39. The summed E-state index contributed by atoms with van der Waals surface area (Å²) in [4.78, 5) is 17.7. The Labute approximate surface area is 95.1 Å². The summed E-state index contributed by atoms with van der Waals surface area (Å²) in [5, 5.41) is 8.71. The highest BCUT2D eigenvalue weighted by Gasteiger charge is 2.28. The molecule has 5 heteroatoms. The van der Waals surface area contributed by atoms with Crippen LogP contribution in [0.25, 0.3) is 0 Å². The number of hydrogen-bond donors (Lipinski definition) is 1. The number of amidine groups is 1. The molecule has 0 aromatic carbocycles. The summed E-state index contributed by atoms with van der Waals surface area (Å²) in [6.45, 7) is 1.24. The van der Waals surface area contributed by atoms with Crippen molar-refractivity contribution in [2.24, 2.45) is 4.99 Å². The van der Waals surface area contributed by atoms with Crippen LogP contribution in [-0.4, -0.2) is 47.7 Å². The zero-order chi connectivity index (χ0) is 11.4. The minimum atomic E-state index is -0.545. The first-order valence-corrected chi connectivity index (χ1v) is 5.91. The van der Waals surface area contributed by atoms with Gasteiger partial charge in [0.05, 0.1) is 0 Å². The molecule has 90 valence electrons. The average Bonchev–Trinajstić information content (AvgIpc) is 2.52. The summed E-state index contributed by atoms with van der Waals surface area (Å²) in [6.07, 6.45) is 4.75. The summed E-state index contributed by atoms with van der Waals surface area (Å²) < 4.78 is 5.25. The van der Waals surface area contributed by atoms with Gasteiger partial charge >= 0.3 is 5.97 Å². The summed E-state index contributed by atoms with van der Waals surface area (Å²) in [7, 11) is 0. The Balaban J connectivity index is 2.06. The molecule has 2 rings (SSSR count). The Kier molecular flexibility index (Phi) is 3.77. The van der Waals surface area contributed by atoms with E-state index in [-0.39, 0.29) is 6.23 Å². The molecule has 0 aromatic rings. The third-order valence-electron chi connectivity index (χ3n) is 3.03. The van der Waals surface area contributed by atoms with E-state index < -0.39 is 12.6 Å². The van der Waals surface area contributed by atoms with Crippen LogP contribution in [0.15, 0.2) is 4.99 Å². The molecule has 0 amide bonds. The number of carbonyl (C=O) groups is 1. The maximum absolute atomic E-state index is 11.1. The molecule has 0 saturated carbocycles. The third-order valence-corrected chi connectivity index (χ3v) is 3.03. The summed E-state index contributed by atoms with van der Waals surface area (Å²) in [5.74, 6) is 0.524. The molecular formula is C11H18N2O3. The van der Waals surface area contributed by atoms with Gasteiger partial charge in [0.2, 0.25) is 0 Å². The van der Waals surface area contributed by atoms with Crippen molar-refractivity contribution in [2.45, 2.75) is 38.3 Å². The van der Waals surface area contributed by atoms with E-state index in [1.54, 1.807) is 0 Å². The number of carbonyl (C=O) groups excluding carboxylic acids is 1. The van der Waals surface area contributed by atoms with Gasteiger partial charge < -0.3 is 14.7 Å². The molecule has 0 radical (unpaired) electrons. The van der Waals surface area contributed by atoms with E-state index in [2.05, 4.69) is 9.89 Å². The first-order valence-electron chi connectivity index (χ1n) is 5.91. The highest BCUT2D eigenvalue weighted by Crippen LogP contribution is 2.22. The standard InChI is InChI=1S/C11H18N2O3/c14-8-11(15)16-10-5-2-1-4-9-12-6-3-7-13(9)10/h10,14H,1-8H2. The lowest BCUT2D eigenvalue weighted by atomic mass is 10.2. The van der Waals surface area contributed by atoms with E-state index in [9.17, 15) is 4.79 Å². The van der Waals surface area contributed by atoms with Crippen LogP contribution >= 0.6 is 0 Å². The van der Waals surface area contributed by atoms with E-state index in [1.807, 2.05) is 0 Å². The predicted octanol–water partition coefficient (Wildman–Crippen LogP) is 0.526. The van der Waals surface area contributed by atoms with Crippen LogP contribution in [0.1, 0.15) is 32.1 Å². The maximum atomic E-state index is 11.1. The van der Waals surface area contributed by atoms with Gasteiger partial charge in [0.25, 0.3) is 0 Å². The van der Waals surface area contributed by atoms with Crippen molar-refractivity contribution in [3.63, 3.8) is 0 Å². The van der Waals surface area contributed by atoms with Crippen LogP contribution in [0.4, 0.5) is 0 Å². The lowest BCUT2D eigenvalue weighted by Crippen LogP contribution is -2.44. The van der Waals surface area contributed by atoms with Crippen LogP contribution in [0.5, 0.6) is 0 Å². The van der Waals surface area contributed by atoms with Gasteiger partial charge in [-0.05, 0) is 19.3 Å². The number of aliphatic hydroxyl groups is 1. The fraction of sp³-hybridized carbons (Fsp3) is 0.818. The molecule has 5 nitrogen and oxygen atoms in total. The molecule has 0 bridgehead atoms. The van der Waals surface area contributed by atoms with Gasteiger partial charge in [0.15, 0.2) is 6.23 Å². The maximum Gasteiger partial charge on any atom is 0.333 e. The number of aliphatic imine (C=N–C) groups is 1. The number of rotatable bonds is 2. The number of esters is 1. The van der Waals surface area contributed by atoms with E-state index in [0.29, 0.717) is 0 Å². The van der Waals surface area contributed by atoms with Crippen molar-refractivity contribution in [1.29, 1.82) is 0 Å². The first kappa shape index (κ1) is 11.4. The van der Waals surface area contributed by atoms with E-state index in [4.69, 9.17) is 9.84 Å². The SMILES string of the molecule is O=C(CO)OC1CCCCC2=NCCCN21. The summed E-state index contributed by atoms with van der Waals surface area (Å²) in [5.41, 5.74) is 0. The Hall–Kier alpha value is -1.10. The minimum Gasteiger partial charge on any atom is -0.440 e. The Morgan fingerprint density at radius 1 is 1.50 bits per heavy atom. The minimum absolute atomic E-state index is 0.221. The second-order valence-electron chi connectivity index (χ2n) is 4.19. The van der Waals surface area contributed by atoms with Gasteiger partial charge in [-0.2, -0.15) is 0 Å². The van der Waals surface area contributed by atoms with E-state index in [1.165, 1.54) is 0 Å². The molecule has 2 heterocycles. The number of aliphatic hydroxyl groups excluding tert-OH is 1. The van der Waals surface area contributed by atoms with Crippen molar-refractivity contribution < 1.29 is 14.6 Å². The normalized spacial score (nSPS) is 25.4. The molecule has 1 atom stereocenters.